The lowest BCUT2D eigenvalue weighted by Gasteiger charge is -2.25. The molecular weight excluding hydrogens is 308 g/mol. The molecule has 0 saturated carbocycles. The van der Waals surface area contributed by atoms with E-state index in [1.807, 2.05) is 42.5 Å². The number of hydrogen-bond acceptors (Lipinski definition) is 3. The van der Waals surface area contributed by atoms with Crippen LogP contribution in [0.15, 0.2) is 59.6 Å². The van der Waals surface area contributed by atoms with E-state index in [4.69, 9.17) is 0 Å². The van der Waals surface area contributed by atoms with Crippen LogP contribution in [0.5, 0.6) is 0 Å². The van der Waals surface area contributed by atoms with Gasteiger partial charge in [0.05, 0.1) is 18.0 Å². The Morgan fingerprint density at radius 3 is 2.52 bits per heavy atom. The monoisotopic (exact) mass is 328 g/mol. The average molecular weight is 328 g/mol. The fourth-order valence-electron chi connectivity index (χ4n) is 2.84. The van der Waals surface area contributed by atoms with Crippen LogP contribution in [-0.2, 0) is 23.0 Å². The lowest BCUT2D eigenvalue weighted by atomic mass is 10.1. The molecule has 1 atom stereocenters. The summed E-state index contributed by atoms with van der Waals surface area (Å²) in [5, 5.41) is 0. The molecule has 2 aromatic carbocycles. The van der Waals surface area contributed by atoms with E-state index >= 15 is 0 Å². The molecule has 0 aliphatic carbocycles. The molecule has 1 heterocycles. The van der Waals surface area contributed by atoms with Gasteiger partial charge in [-0.05, 0) is 30.0 Å². The lowest BCUT2D eigenvalue weighted by molar-refractivity contribution is 0.366. The van der Waals surface area contributed by atoms with Crippen LogP contribution in [0.4, 0.5) is 5.69 Å². The Morgan fingerprint density at radius 1 is 1.09 bits per heavy atom. The van der Waals surface area contributed by atoms with Gasteiger partial charge in [0.2, 0.25) is 10.0 Å². The van der Waals surface area contributed by atoms with Gasteiger partial charge in [0.25, 0.3) is 0 Å². The quantitative estimate of drug-likeness (QED) is 0.865. The highest BCUT2D eigenvalue weighted by Crippen LogP contribution is 2.26. The fraction of sp³-hybridized carbons (Fsp3) is 0.278. The summed E-state index contributed by atoms with van der Waals surface area (Å²) in [5.74, 6) is 0. The molecule has 0 saturated heterocycles. The predicted molar refractivity (Wildman–Crippen MR) is 93.5 cm³/mol. The third-order valence-electron chi connectivity index (χ3n) is 4.07. The zero-order chi connectivity index (χ0) is 16.3. The molecule has 1 aliphatic heterocycles. The Labute approximate surface area is 137 Å². The highest BCUT2D eigenvalue weighted by atomic mass is 32.2. The Morgan fingerprint density at radius 2 is 1.78 bits per heavy atom. The van der Waals surface area contributed by atoms with E-state index < -0.39 is 10.0 Å². The van der Waals surface area contributed by atoms with Crippen LogP contribution in [0.3, 0.4) is 0 Å². The molecule has 0 aromatic heterocycles. The van der Waals surface area contributed by atoms with E-state index in [-0.39, 0.29) is 6.04 Å². The molecule has 120 valence electrons. The van der Waals surface area contributed by atoms with Crippen LogP contribution in [0.25, 0.3) is 0 Å². The molecule has 3 rings (SSSR count). The highest BCUT2D eigenvalue weighted by Gasteiger charge is 2.28. The zero-order valence-corrected chi connectivity index (χ0v) is 13.9. The van der Waals surface area contributed by atoms with Gasteiger partial charge in [-0.1, -0.05) is 48.5 Å². The molecule has 0 fully saturated rings. The van der Waals surface area contributed by atoms with Gasteiger partial charge in [-0.2, -0.15) is 4.31 Å². The first-order valence-corrected chi connectivity index (χ1v) is 9.52. The summed E-state index contributed by atoms with van der Waals surface area (Å²) in [6, 6.07) is 17.6. The Bertz CT molecular complexity index is 801. The number of para-hydroxylation sites is 1. The summed E-state index contributed by atoms with van der Waals surface area (Å²) in [4.78, 5) is 4.51. The van der Waals surface area contributed by atoms with Crippen molar-refractivity contribution in [1.29, 1.82) is 0 Å². The molecule has 1 aliphatic rings. The maximum Gasteiger partial charge on any atom is 0.212 e. The molecule has 2 aromatic rings. The van der Waals surface area contributed by atoms with Crippen molar-refractivity contribution in [2.45, 2.75) is 25.4 Å². The fourth-order valence-corrected chi connectivity index (χ4v) is 3.86. The summed E-state index contributed by atoms with van der Waals surface area (Å²) in [5.41, 5.74) is 3.00. The number of aliphatic imine (C=N–C) groups is 1. The van der Waals surface area contributed by atoms with Crippen molar-refractivity contribution in [2.24, 2.45) is 4.99 Å². The van der Waals surface area contributed by atoms with Crippen LogP contribution in [0.2, 0.25) is 0 Å². The molecule has 23 heavy (non-hydrogen) atoms. The van der Waals surface area contributed by atoms with Gasteiger partial charge in [0.1, 0.15) is 0 Å². The summed E-state index contributed by atoms with van der Waals surface area (Å²) < 4.78 is 26.0. The van der Waals surface area contributed by atoms with Crippen LogP contribution in [-0.4, -0.2) is 31.2 Å². The summed E-state index contributed by atoms with van der Waals surface area (Å²) in [7, 11) is -3.30. The number of rotatable bonds is 4. The molecule has 0 amide bonds. The highest BCUT2D eigenvalue weighted by molar-refractivity contribution is 7.88. The van der Waals surface area contributed by atoms with Crippen molar-refractivity contribution in [3.8, 4) is 0 Å². The van der Waals surface area contributed by atoms with Crippen LogP contribution >= 0.6 is 0 Å². The number of nitrogens with zero attached hydrogens (tertiary/aromatic N) is 2. The first kappa shape index (κ1) is 15.9. The molecule has 4 nitrogen and oxygen atoms in total. The van der Waals surface area contributed by atoms with Crippen molar-refractivity contribution in [2.75, 3.05) is 6.26 Å². The minimum Gasteiger partial charge on any atom is -0.259 e. The molecular formula is C18H20N2O2S. The minimum absolute atomic E-state index is 0.224. The second kappa shape index (κ2) is 6.64. The summed E-state index contributed by atoms with van der Waals surface area (Å²) in [6.07, 6.45) is 4.58. The minimum atomic E-state index is -3.30. The van der Waals surface area contributed by atoms with Crippen LogP contribution in [0, 0.1) is 0 Å². The topological polar surface area (TPSA) is 49.7 Å². The normalized spacial score (nSPS) is 18.4. The van der Waals surface area contributed by atoms with Gasteiger partial charge >= 0.3 is 0 Å². The average Bonchev–Trinajstić information content (AvgIpc) is 2.73. The van der Waals surface area contributed by atoms with E-state index in [0.717, 1.165) is 17.7 Å². The molecule has 0 radical (unpaired) electrons. The molecule has 1 unspecified atom stereocenters. The van der Waals surface area contributed by atoms with Crippen molar-refractivity contribution >= 4 is 21.9 Å². The summed E-state index contributed by atoms with van der Waals surface area (Å²) in [6.45, 7) is 0.370. The van der Waals surface area contributed by atoms with Gasteiger partial charge < -0.3 is 0 Å². The van der Waals surface area contributed by atoms with Crippen molar-refractivity contribution in [1.82, 2.24) is 4.31 Å². The molecule has 0 N–H and O–H groups in total. The Balaban J connectivity index is 1.85. The van der Waals surface area contributed by atoms with Crippen molar-refractivity contribution in [3.63, 3.8) is 0 Å². The van der Waals surface area contributed by atoms with Gasteiger partial charge in [-0.25, -0.2) is 8.42 Å². The number of aryl methyl sites for hydroxylation is 1. The zero-order valence-electron chi connectivity index (χ0n) is 13.1. The molecule has 0 bridgehead atoms. The first-order chi connectivity index (χ1) is 11.0. The summed E-state index contributed by atoms with van der Waals surface area (Å²) >= 11 is 0. The van der Waals surface area contributed by atoms with E-state index in [1.165, 1.54) is 11.8 Å². The molecule has 0 spiro atoms. The third-order valence-corrected chi connectivity index (χ3v) is 5.32. The van der Waals surface area contributed by atoms with Gasteiger partial charge in [0.15, 0.2) is 0 Å². The SMILES string of the molecule is CS(=O)(=O)N1Cc2ccccc2N=CC1CCc1ccccc1. The van der Waals surface area contributed by atoms with Crippen LogP contribution in [0.1, 0.15) is 17.5 Å². The molecule has 5 heteroatoms. The van der Waals surface area contributed by atoms with Crippen LogP contribution < -0.4 is 0 Å². The van der Waals surface area contributed by atoms with Gasteiger partial charge in [-0.15, -0.1) is 0 Å². The first-order valence-electron chi connectivity index (χ1n) is 7.67. The Kier molecular flexibility index (Phi) is 4.59. The largest absolute Gasteiger partial charge is 0.259 e. The maximum absolute atomic E-state index is 12.2. The number of hydrogen-bond donors (Lipinski definition) is 0. The Hall–Kier alpha value is -1.98. The van der Waals surface area contributed by atoms with E-state index in [9.17, 15) is 8.42 Å². The van der Waals surface area contributed by atoms with Gasteiger partial charge in [0, 0.05) is 12.8 Å². The lowest BCUT2D eigenvalue weighted by Crippen LogP contribution is -2.39. The maximum atomic E-state index is 12.2. The van der Waals surface area contributed by atoms with Gasteiger partial charge in [-0.3, -0.25) is 4.99 Å². The third kappa shape index (κ3) is 3.86. The van der Waals surface area contributed by atoms with E-state index in [0.29, 0.717) is 13.0 Å². The number of fused-ring (bicyclic) bond motifs is 1. The second-order valence-electron chi connectivity index (χ2n) is 5.81. The standard InChI is InChI=1S/C18H20N2O2S/c1-23(21,22)20-14-16-9-5-6-10-18(16)19-13-17(20)12-11-15-7-3-2-4-8-15/h2-10,13,17H,11-12,14H2,1H3. The van der Waals surface area contributed by atoms with E-state index in [1.54, 1.807) is 10.5 Å². The number of sulfonamides is 1. The number of benzene rings is 2. The van der Waals surface area contributed by atoms with Crippen molar-refractivity contribution in [3.05, 3.63) is 65.7 Å². The second-order valence-corrected chi connectivity index (χ2v) is 7.74. The van der Waals surface area contributed by atoms with Crippen molar-refractivity contribution < 1.29 is 8.42 Å². The smallest absolute Gasteiger partial charge is 0.212 e. The predicted octanol–water partition coefficient (Wildman–Crippen LogP) is 3.17. The van der Waals surface area contributed by atoms with E-state index in [2.05, 4.69) is 17.1 Å².